The number of fused-ring (bicyclic) bond motifs is 1. The van der Waals surface area contributed by atoms with Crippen molar-refractivity contribution >= 4 is 35.0 Å². The van der Waals surface area contributed by atoms with Crippen LogP contribution in [-0.2, 0) is 19.1 Å². The van der Waals surface area contributed by atoms with Crippen LogP contribution in [0.3, 0.4) is 0 Å². The van der Waals surface area contributed by atoms with Crippen LogP contribution in [0.4, 0.5) is 5.69 Å². The molecule has 3 aliphatic heterocycles. The maximum Gasteiger partial charge on any atom is 0.246 e. The van der Waals surface area contributed by atoms with Gasteiger partial charge in [-0.1, -0.05) is 56.5 Å². The van der Waals surface area contributed by atoms with Gasteiger partial charge in [0.05, 0.1) is 17.9 Å². The first-order valence-corrected chi connectivity index (χ1v) is 13.5. The van der Waals surface area contributed by atoms with E-state index in [9.17, 15) is 14.4 Å². The van der Waals surface area contributed by atoms with Crippen LogP contribution in [0.2, 0.25) is 5.02 Å². The molecule has 0 aromatic heterocycles. The molecule has 36 heavy (non-hydrogen) atoms. The minimum atomic E-state index is -1.15. The van der Waals surface area contributed by atoms with Gasteiger partial charge >= 0.3 is 0 Å². The molecule has 1 aromatic carbocycles. The number of halogens is 1. The molecule has 2 bridgehead atoms. The lowest BCUT2D eigenvalue weighted by molar-refractivity contribution is -0.143. The van der Waals surface area contributed by atoms with Gasteiger partial charge in [0, 0.05) is 22.8 Å². The van der Waals surface area contributed by atoms with Crippen molar-refractivity contribution in [2.75, 3.05) is 5.32 Å². The maximum atomic E-state index is 13.9. The van der Waals surface area contributed by atoms with Gasteiger partial charge in [-0.3, -0.25) is 14.4 Å². The highest BCUT2D eigenvalue weighted by Crippen LogP contribution is 2.55. The molecule has 0 radical (unpaired) electrons. The number of ether oxygens (including phenoxy) is 1. The van der Waals surface area contributed by atoms with Gasteiger partial charge < -0.3 is 20.3 Å². The quantitative estimate of drug-likeness (QED) is 0.580. The topological polar surface area (TPSA) is 87.7 Å². The third-order valence-corrected chi connectivity index (χ3v) is 9.30. The number of hydrogen-bond donors (Lipinski definition) is 2. The van der Waals surface area contributed by atoms with Crippen LogP contribution in [-0.4, -0.2) is 52.5 Å². The molecule has 3 fully saturated rings. The van der Waals surface area contributed by atoms with Crippen LogP contribution < -0.4 is 10.6 Å². The normalized spacial score (nSPS) is 36.9. The maximum absolute atomic E-state index is 13.9. The van der Waals surface area contributed by atoms with Crippen LogP contribution >= 0.6 is 11.6 Å². The van der Waals surface area contributed by atoms with E-state index in [1.807, 2.05) is 39.0 Å². The fourth-order valence-corrected chi connectivity index (χ4v) is 6.89. The summed E-state index contributed by atoms with van der Waals surface area (Å²) in [6.45, 7) is 10.1. The zero-order valence-electron chi connectivity index (χ0n) is 21.6. The van der Waals surface area contributed by atoms with Gasteiger partial charge in [0.1, 0.15) is 11.6 Å². The smallest absolute Gasteiger partial charge is 0.246 e. The Hall–Kier alpha value is -2.38. The third-order valence-electron chi connectivity index (χ3n) is 8.89. The number of nitrogens with one attached hydrogen (secondary N) is 2. The van der Waals surface area contributed by atoms with Gasteiger partial charge in [-0.25, -0.2) is 0 Å². The summed E-state index contributed by atoms with van der Waals surface area (Å²) in [6.07, 6.45) is 6.30. The van der Waals surface area contributed by atoms with Crippen LogP contribution in [0.5, 0.6) is 0 Å². The van der Waals surface area contributed by atoms with Crippen molar-refractivity contribution in [1.82, 2.24) is 10.2 Å². The molecule has 0 unspecified atom stereocenters. The van der Waals surface area contributed by atoms with E-state index >= 15 is 0 Å². The zero-order valence-corrected chi connectivity index (χ0v) is 22.3. The van der Waals surface area contributed by atoms with Crippen LogP contribution in [0.1, 0.15) is 52.5 Å². The molecule has 1 saturated carbocycles. The number of aryl methyl sites for hydroxylation is 1. The minimum Gasteiger partial charge on any atom is -0.359 e. The number of carbonyl (C=O) groups is 3. The molecule has 5 rings (SSSR count). The van der Waals surface area contributed by atoms with Gasteiger partial charge in [0.25, 0.3) is 0 Å². The van der Waals surface area contributed by atoms with Gasteiger partial charge in [0.15, 0.2) is 0 Å². The Morgan fingerprint density at radius 3 is 2.64 bits per heavy atom. The van der Waals surface area contributed by atoms with Crippen molar-refractivity contribution in [1.29, 1.82) is 0 Å². The molecule has 8 atom stereocenters. The standard InChI is InChI=1S/C28H36ClN3O4/c1-14(2)32-24(26(34)31-20-8-6-7-15(3)17(20)5)28-12-11-21(36-28)22(23(28)27(32)35)25(33)30-18-10-9-16(4)19(29)13-18/h9-15,17,20-24H,6-8H2,1-5H3,(H,30,33)(H,31,34)/t15-,17-,20-,21-,22+,23-,24-,28-/m1/s1. The van der Waals surface area contributed by atoms with Crippen molar-refractivity contribution in [3.63, 3.8) is 0 Å². The van der Waals surface area contributed by atoms with Crippen LogP contribution in [0.25, 0.3) is 0 Å². The second kappa shape index (κ2) is 9.18. The van der Waals surface area contributed by atoms with Gasteiger partial charge in [-0.15, -0.1) is 0 Å². The predicted octanol–water partition coefficient (Wildman–Crippen LogP) is 4.09. The van der Waals surface area contributed by atoms with Crippen molar-refractivity contribution < 1.29 is 19.1 Å². The molecule has 4 aliphatic rings. The number of likely N-dealkylation sites (tertiary alicyclic amines) is 1. The summed E-state index contributed by atoms with van der Waals surface area (Å²) >= 11 is 6.25. The van der Waals surface area contributed by atoms with E-state index in [0.717, 1.165) is 24.8 Å². The number of anilines is 1. The Labute approximate surface area is 218 Å². The molecule has 1 aromatic rings. The molecule has 194 valence electrons. The largest absolute Gasteiger partial charge is 0.359 e. The fraction of sp³-hybridized carbons (Fsp3) is 0.607. The average Bonchev–Trinajstić information content (AvgIpc) is 3.46. The molecule has 3 amide bonds. The summed E-state index contributed by atoms with van der Waals surface area (Å²) in [5.74, 6) is -1.29. The Balaban J connectivity index is 1.43. The van der Waals surface area contributed by atoms with Crippen LogP contribution in [0, 0.1) is 30.6 Å². The lowest BCUT2D eigenvalue weighted by Crippen LogP contribution is -2.58. The number of benzene rings is 1. The number of nitrogens with zero attached hydrogens (tertiary/aromatic N) is 1. The van der Waals surface area contributed by atoms with E-state index in [1.54, 1.807) is 17.0 Å². The highest BCUT2D eigenvalue weighted by atomic mass is 35.5. The highest BCUT2D eigenvalue weighted by molar-refractivity contribution is 6.31. The summed E-state index contributed by atoms with van der Waals surface area (Å²) in [5, 5.41) is 6.75. The number of amides is 3. The molecule has 3 heterocycles. The summed E-state index contributed by atoms with van der Waals surface area (Å²) in [5.41, 5.74) is 0.332. The van der Waals surface area contributed by atoms with Gasteiger partial charge in [-0.05, 0) is 56.7 Å². The van der Waals surface area contributed by atoms with E-state index in [0.29, 0.717) is 22.5 Å². The summed E-state index contributed by atoms with van der Waals surface area (Å²) in [4.78, 5) is 42.8. The Morgan fingerprint density at radius 2 is 1.94 bits per heavy atom. The first-order valence-electron chi connectivity index (χ1n) is 13.1. The summed E-state index contributed by atoms with van der Waals surface area (Å²) in [6, 6.07) is 4.37. The SMILES string of the molecule is Cc1ccc(NC(=O)[C@H]2[C@H]3C=C[C@@]4(O3)[C@H]2C(=O)N(C(C)C)[C@@H]4C(=O)N[C@@H]2CCC[C@@H](C)[C@H]2C)cc1Cl. The first kappa shape index (κ1) is 25.3. The lowest BCUT2D eigenvalue weighted by atomic mass is 9.73. The van der Waals surface area contributed by atoms with Crippen molar-refractivity contribution in [2.24, 2.45) is 23.7 Å². The Kier molecular flexibility index (Phi) is 6.44. The molecule has 2 saturated heterocycles. The second-order valence-corrected chi connectivity index (χ2v) is 11.8. The van der Waals surface area contributed by atoms with Gasteiger partial charge in [-0.2, -0.15) is 0 Å². The van der Waals surface area contributed by atoms with E-state index in [2.05, 4.69) is 24.5 Å². The second-order valence-electron chi connectivity index (χ2n) is 11.4. The number of carbonyl (C=O) groups excluding carboxylic acids is 3. The third kappa shape index (κ3) is 3.86. The molecule has 7 nitrogen and oxygen atoms in total. The van der Waals surface area contributed by atoms with Gasteiger partial charge in [0.2, 0.25) is 17.7 Å². The molecular weight excluding hydrogens is 478 g/mol. The molecule has 1 aliphatic carbocycles. The number of hydrogen-bond acceptors (Lipinski definition) is 4. The molecule has 1 spiro atoms. The fourth-order valence-electron chi connectivity index (χ4n) is 6.71. The van der Waals surface area contributed by atoms with Crippen molar-refractivity contribution in [3.05, 3.63) is 40.9 Å². The van der Waals surface area contributed by atoms with E-state index in [4.69, 9.17) is 16.3 Å². The predicted molar refractivity (Wildman–Crippen MR) is 138 cm³/mol. The first-order chi connectivity index (χ1) is 17.0. The summed E-state index contributed by atoms with van der Waals surface area (Å²) < 4.78 is 6.40. The number of rotatable bonds is 5. The average molecular weight is 514 g/mol. The zero-order chi connectivity index (χ0) is 25.9. The van der Waals surface area contributed by atoms with Crippen LogP contribution in [0.15, 0.2) is 30.4 Å². The molecule has 8 heteroatoms. The van der Waals surface area contributed by atoms with Crippen molar-refractivity contribution in [3.8, 4) is 0 Å². The Bertz CT molecular complexity index is 1120. The minimum absolute atomic E-state index is 0.0637. The van der Waals surface area contributed by atoms with E-state index in [-0.39, 0.29) is 29.8 Å². The molecular formula is C28H36ClN3O4. The van der Waals surface area contributed by atoms with E-state index in [1.165, 1.54) is 0 Å². The Morgan fingerprint density at radius 1 is 1.19 bits per heavy atom. The lowest BCUT2D eigenvalue weighted by Gasteiger charge is -2.38. The van der Waals surface area contributed by atoms with Crippen molar-refractivity contribution in [2.45, 2.75) is 83.7 Å². The monoisotopic (exact) mass is 513 g/mol. The highest BCUT2D eigenvalue weighted by Gasteiger charge is 2.73. The summed E-state index contributed by atoms with van der Waals surface area (Å²) in [7, 11) is 0. The van der Waals surface area contributed by atoms with E-state index < -0.39 is 29.6 Å². The molecule has 2 N–H and O–H groups in total.